The van der Waals surface area contributed by atoms with Gasteiger partial charge >= 0.3 is 0 Å². The highest BCUT2D eigenvalue weighted by molar-refractivity contribution is 6.42. The first-order valence-electron chi connectivity index (χ1n) is 9.87. The van der Waals surface area contributed by atoms with Crippen LogP contribution in [0.15, 0.2) is 24.8 Å². The molecule has 0 spiro atoms. The minimum Gasteiger partial charge on any atom is -0.489 e. The van der Waals surface area contributed by atoms with Crippen molar-refractivity contribution in [2.45, 2.75) is 51.1 Å². The van der Waals surface area contributed by atoms with E-state index in [1.54, 1.807) is 12.1 Å². The maximum absolute atomic E-state index is 6.60. The van der Waals surface area contributed by atoms with Crippen molar-refractivity contribution >= 4 is 23.2 Å². The Balaban J connectivity index is 1.59. The van der Waals surface area contributed by atoms with Gasteiger partial charge in [0.2, 0.25) is 0 Å². The van der Waals surface area contributed by atoms with Crippen LogP contribution in [-0.4, -0.2) is 45.4 Å². The maximum Gasteiger partial charge on any atom is 0.137 e. The lowest BCUT2D eigenvalue weighted by atomic mass is 9.96. The van der Waals surface area contributed by atoms with E-state index in [1.165, 1.54) is 0 Å². The first kappa shape index (κ1) is 19.7. The summed E-state index contributed by atoms with van der Waals surface area (Å²) in [5.41, 5.74) is 0.961. The third-order valence-electron chi connectivity index (χ3n) is 5.86. The number of rotatable bonds is 6. The number of nitrogens with zero attached hydrogens (tertiary/aromatic N) is 4. The molecule has 0 aliphatic carbocycles. The van der Waals surface area contributed by atoms with Crippen LogP contribution in [0.2, 0.25) is 10.0 Å². The first-order chi connectivity index (χ1) is 13.5. The number of halogens is 2. The fourth-order valence-electron chi connectivity index (χ4n) is 4.37. The Morgan fingerprint density at radius 1 is 1.25 bits per heavy atom. The second-order valence-electron chi connectivity index (χ2n) is 7.93. The molecule has 4 rings (SSSR count). The lowest BCUT2D eigenvalue weighted by molar-refractivity contribution is 0.271. The molecular formula is C21H26Cl2N4O. The summed E-state index contributed by atoms with van der Waals surface area (Å²) in [4.78, 5) is 2.51. The van der Waals surface area contributed by atoms with Crippen molar-refractivity contribution in [3.63, 3.8) is 0 Å². The zero-order chi connectivity index (χ0) is 19.8. The molecular weight excluding hydrogens is 395 g/mol. The lowest BCUT2D eigenvalue weighted by Gasteiger charge is -2.20. The molecule has 3 heterocycles. The van der Waals surface area contributed by atoms with Crippen molar-refractivity contribution in [2.24, 2.45) is 0 Å². The Morgan fingerprint density at radius 3 is 2.79 bits per heavy atom. The van der Waals surface area contributed by atoms with Gasteiger partial charge in [-0.15, -0.1) is 10.2 Å². The van der Waals surface area contributed by atoms with Crippen LogP contribution in [0.5, 0.6) is 5.75 Å². The van der Waals surface area contributed by atoms with Gasteiger partial charge in [-0.3, -0.25) is 0 Å². The number of likely N-dealkylation sites (tertiary alicyclic amines) is 1. The van der Waals surface area contributed by atoms with E-state index in [9.17, 15) is 0 Å². The Labute approximate surface area is 176 Å². The molecule has 2 atom stereocenters. The van der Waals surface area contributed by atoms with E-state index in [0.29, 0.717) is 28.6 Å². The highest BCUT2D eigenvalue weighted by atomic mass is 35.5. The van der Waals surface area contributed by atoms with Crippen LogP contribution in [-0.2, 0) is 13.0 Å². The SMILES string of the molecule is C=CCOc1ccc(Cl)c(Cl)c1[C@@H]1Cc2nnc([C@@H]3CCN(C(C)C)C3)n2C1. The molecule has 1 fully saturated rings. The standard InChI is InChI=1S/C21H26Cl2N4O/c1-4-9-28-17-6-5-16(22)20(23)19(17)15-10-18-24-25-21(27(18)12-15)14-7-8-26(11-14)13(2)3/h4-6,13-15H,1,7-12H2,2-3H3/t14-,15-/m1/s1. The average molecular weight is 421 g/mol. The molecule has 0 bridgehead atoms. The van der Waals surface area contributed by atoms with Gasteiger partial charge < -0.3 is 14.2 Å². The second-order valence-corrected chi connectivity index (χ2v) is 8.72. The Kier molecular flexibility index (Phi) is 5.68. The molecule has 28 heavy (non-hydrogen) atoms. The quantitative estimate of drug-likeness (QED) is 0.635. The second kappa shape index (κ2) is 8.05. The summed E-state index contributed by atoms with van der Waals surface area (Å²) in [5, 5.41) is 10.1. The van der Waals surface area contributed by atoms with Gasteiger partial charge in [0.1, 0.15) is 24.0 Å². The maximum atomic E-state index is 6.60. The van der Waals surface area contributed by atoms with Gasteiger partial charge in [0, 0.05) is 43.0 Å². The van der Waals surface area contributed by atoms with Crippen molar-refractivity contribution in [1.29, 1.82) is 0 Å². The van der Waals surface area contributed by atoms with Gasteiger partial charge in [-0.05, 0) is 38.9 Å². The molecule has 7 heteroatoms. The molecule has 2 aliphatic heterocycles. The van der Waals surface area contributed by atoms with Gasteiger partial charge in [0.25, 0.3) is 0 Å². The smallest absolute Gasteiger partial charge is 0.137 e. The Morgan fingerprint density at radius 2 is 2.07 bits per heavy atom. The van der Waals surface area contributed by atoms with E-state index >= 15 is 0 Å². The minimum absolute atomic E-state index is 0.179. The van der Waals surface area contributed by atoms with Crippen molar-refractivity contribution in [3.8, 4) is 5.75 Å². The van der Waals surface area contributed by atoms with E-state index in [0.717, 1.165) is 55.4 Å². The zero-order valence-corrected chi connectivity index (χ0v) is 17.9. The van der Waals surface area contributed by atoms with Gasteiger partial charge in [-0.2, -0.15) is 0 Å². The largest absolute Gasteiger partial charge is 0.489 e. The molecule has 2 aromatic rings. The van der Waals surface area contributed by atoms with E-state index in [1.807, 2.05) is 6.07 Å². The predicted octanol–water partition coefficient (Wildman–Crippen LogP) is 4.69. The summed E-state index contributed by atoms with van der Waals surface area (Å²) in [5.74, 6) is 3.51. The molecule has 0 unspecified atom stereocenters. The lowest BCUT2D eigenvalue weighted by Crippen LogP contribution is -2.28. The number of aromatic nitrogens is 3. The molecule has 0 saturated carbocycles. The van der Waals surface area contributed by atoms with Gasteiger partial charge in [-0.25, -0.2) is 0 Å². The van der Waals surface area contributed by atoms with E-state index in [2.05, 4.69) is 40.1 Å². The van der Waals surface area contributed by atoms with E-state index in [-0.39, 0.29) is 5.92 Å². The third-order valence-corrected chi connectivity index (χ3v) is 6.68. The monoisotopic (exact) mass is 420 g/mol. The fourth-order valence-corrected chi connectivity index (χ4v) is 4.85. The molecule has 1 aromatic carbocycles. The van der Waals surface area contributed by atoms with E-state index < -0.39 is 0 Å². The summed E-state index contributed by atoms with van der Waals surface area (Å²) in [6.45, 7) is 11.6. The van der Waals surface area contributed by atoms with Crippen LogP contribution < -0.4 is 4.74 Å². The summed E-state index contributed by atoms with van der Waals surface area (Å²) < 4.78 is 8.15. The molecule has 0 amide bonds. The van der Waals surface area contributed by atoms with Crippen LogP contribution in [0.4, 0.5) is 0 Å². The summed E-state index contributed by atoms with van der Waals surface area (Å²) in [6.07, 6.45) is 3.65. The van der Waals surface area contributed by atoms with Crippen LogP contribution in [0.25, 0.3) is 0 Å². The van der Waals surface area contributed by atoms with Crippen LogP contribution in [0, 0.1) is 0 Å². The molecule has 0 radical (unpaired) electrons. The van der Waals surface area contributed by atoms with Crippen molar-refractivity contribution in [3.05, 3.63) is 52.0 Å². The predicted molar refractivity (Wildman–Crippen MR) is 113 cm³/mol. The van der Waals surface area contributed by atoms with Crippen LogP contribution in [0.1, 0.15) is 49.3 Å². The average Bonchev–Trinajstić information content (AvgIpc) is 3.37. The van der Waals surface area contributed by atoms with Crippen LogP contribution >= 0.6 is 23.2 Å². The normalized spacial score (nSPS) is 22.0. The molecule has 1 aromatic heterocycles. The molecule has 5 nitrogen and oxygen atoms in total. The minimum atomic E-state index is 0.179. The third kappa shape index (κ3) is 3.56. The molecule has 2 aliphatic rings. The number of fused-ring (bicyclic) bond motifs is 1. The summed E-state index contributed by atoms with van der Waals surface area (Å²) in [6, 6.07) is 4.24. The summed E-state index contributed by atoms with van der Waals surface area (Å²) in [7, 11) is 0. The first-order valence-corrected chi connectivity index (χ1v) is 10.6. The van der Waals surface area contributed by atoms with E-state index in [4.69, 9.17) is 27.9 Å². The molecule has 150 valence electrons. The molecule has 0 N–H and O–H groups in total. The zero-order valence-electron chi connectivity index (χ0n) is 16.4. The van der Waals surface area contributed by atoms with Gasteiger partial charge in [0.05, 0.1) is 10.0 Å². The number of hydrogen-bond acceptors (Lipinski definition) is 4. The van der Waals surface area contributed by atoms with Gasteiger partial charge in [0.15, 0.2) is 0 Å². The molecule has 1 saturated heterocycles. The Bertz CT molecular complexity index is 880. The fraction of sp³-hybridized carbons (Fsp3) is 0.524. The van der Waals surface area contributed by atoms with Crippen molar-refractivity contribution < 1.29 is 4.74 Å². The Hall–Kier alpha value is -1.56. The van der Waals surface area contributed by atoms with Crippen LogP contribution in [0.3, 0.4) is 0 Å². The highest BCUT2D eigenvalue weighted by Crippen LogP contribution is 2.43. The highest BCUT2D eigenvalue weighted by Gasteiger charge is 2.35. The van der Waals surface area contributed by atoms with Crippen molar-refractivity contribution in [2.75, 3.05) is 19.7 Å². The topological polar surface area (TPSA) is 43.2 Å². The number of hydrogen-bond donors (Lipinski definition) is 0. The number of ether oxygens (including phenoxy) is 1. The van der Waals surface area contributed by atoms with Crippen molar-refractivity contribution in [1.82, 2.24) is 19.7 Å². The summed E-state index contributed by atoms with van der Waals surface area (Å²) >= 11 is 12.9. The number of benzene rings is 1. The van der Waals surface area contributed by atoms with Gasteiger partial charge in [-0.1, -0.05) is 35.9 Å².